The predicted molar refractivity (Wildman–Crippen MR) is 273 cm³/mol. The summed E-state index contributed by atoms with van der Waals surface area (Å²) in [6.45, 7) is 9.08. The number of hydrogen-bond donors (Lipinski definition) is 0. The number of rotatable bonds is 4. The second-order valence-electron chi connectivity index (χ2n) is 18.9. The molecule has 15 aromatic rings. The fourth-order valence-corrected chi connectivity index (χ4v) is 12.1. The van der Waals surface area contributed by atoms with Crippen molar-refractivity contribution < 1.29 is 0 Å². The van der Waals surface area contributed by atoms with Gasteiger partial charge in [0.05, 0.1) is 55.2 Å². The zero-order chi connectivity index (χ0) is 42.3. The highest BCUT2D eigenvalue weighted by molar-refractivity contribution is 6.40. The van der Waals surface area contributed by atoms with E-state index < -0.39 is 0 Å². The minimum absolute atomic E-state index is 0.469. The van der Waals surface area contributed by atoms with Crippen molar-refractivity contribution in [3.8, 4) is 11.4 Å². The van der Waals surface area contributed by atoms with E-state index in [4.69, 9.17) is 0 Å². The quantitative estimate of drug-likeness (QED) is 0.168. The van der Waals surface area contributed by atoms with Crippen LogP contribution in [-0.2, 0) is 0 Å². The summed E-state index contributed by atoms with van der Waals surface area (Å²) in [4.78, 5) is 0. The molecule has 0 unspecified atom stereocenters. The Bertz CT molecular complexity index is 4170. The van der Waals surface area contributed by atoms with Gasteiger partial charge in [0.15, 0.2) is 0 Å². The summed E-state index contributed by atoms with van der Waals surface area (Å²) < 4.78 is 10.2. The van der Waals surface area contributed by atoms with Gasteiger partial charge in [-0.05, 0) is 95.8 Å². The third-order valence-electron chi connectivity index (χ3n) is 15.0. The van der Waals surface area contributed by atoms with Crippen LogP contribution in [0.2, 0.25) is 0 Å². The molecule has 0 aliphatic carbocycles. The number of benzene rings is 9. The van der Waals surface area contributed by atoms with Gasteiger partial charge in [-0.25, -0.2) is 0 Å². The van der Waals surface area contributed by atoms with Crippen LogP contribution in [0.1, 0.15) is 50.7 Å². The fraction of sp³-hybridized carbons (Fsp3) is 0.100. The number of hydrogen-bond acceptors (Lipinski definition) is 0. The molecule has 0 aliphatic heterocycles. The van der Waals surface area contributed by atoms with Crippen LogP contribution >= 0.6 is 0 Å². The lowest BCUT2D eigenvalue weighted by atomic mass is 9.99. The molecule has 302 valence electrons. The second-order valence-corrected chi connectivity index (χ2v) is 18.9. The van der Waals surface area contributed by atoms with Gasteiger partial charge in [0.1, 0.15) is 0 Å². The summed E-state index contributed by atoms with van der Waals surface area (Å²) in [7, 11) is 0. The van der Waals surface area contributed by atoms with Crippen molar-refractivity contribution in [3.05, 3.63) is 181 Å². The topological polar surface area (TPSA) is 18.7 Å². The average Bonchev–Trinajstić information content (AvgIpc) is 4.16. The van der Waals surface area contributed by atoms with Gasteiger partial charge >= 0.3 is 0 Å². The molecule has 0 atom stereocenters. The molecule has 0 aliphatic rings. The maximum atomic E-state index is 2.58. The lowest BCUT2D eigenvalue weighted by Gasteiger charge is -2.11. The van der Waals surface area contributed by atoms with E-state index >= 15 is 0 Å². The maximum absolute atomic E-state index is 2.58. The lowest BCUT2D eigenvalue weighted by molar-refractivity contribution is 0.865. The highest BCUT2D eigenvalue weighted by Gasteiger charge is 2.28. The van der Waals surface area contributed by atoms with Gasteiger partial charge in [-0.15, -0.1) is 0 Å². The maximum Gasteiger partial charge on any atom is 0.0628 e. The summed E-state index contributed by atoms with van der Waals surface area (Å²) in [5, 5.41) is 15.6. The molecule has 0 spiro atoms. The minimum Gasteiger partial charge on any atom is -0.309 e. The molecule has 0 saturated carbocycles. The molecule has 0 saturated heterocycles. The zero-order valence-electron chi connectivity index (χ0n) is 36.1. The Kier molecular flexibility index (Phi) is 6.51. The number of aromatic nitrogens is 4. The molecule has 64 heavy (non-hydrogen) atoms. The van der Waals surface area contributed by atoms with Crippen LogP contribution in [0.5, 0.6) is 0 Å². The zero-order valence-corrected chi connectivity index (χ0v) is 36.1. The highest BCUT2D eigenvalue weighted by atomic mass is 15.0. The van der Waals surface area contributed by atoms with Crippen LogP contribution < -0.4 is 0 Å². The van der Waals surface area contributed by atoms with E-state index in [1.165, 1.54) is 142 Å². The van der Waals surface area contributed by atoms with Gasteiger partial charge in [0, 0.05) is 76.0 Å². The first kappa shape index (κ1) is 34.7. The first-order valence-corrected chi connectivity index (χ1v) is 22.8. The third-order valence-corrected chi connectivity index (χ3v) is 15.0. The van der Waals surface area contributed by atoms with Crippen molar-refractivity contribution in [2.75, 3.05) is 0 Å². The van der Waals surface area contributed by atoms with Crippen molar-refractivity contribution in [2.45, 2.75) is 39.5 Å². The monoisotopic (exact) mass is 818 g/mol. The molecule has 4 heteroatoms. The van der Waals surface area contributed by atoms with Crippen molar-refractivity contribution in [1.29, 1.82) is 0 Å². The molecule has 0 fully saturated rings. The van der Waals surface area contributed by atoms with Crippen LogP contribution in [0, 0.1) is 0 Å². The summed E-state index contributed by atoms with van der Waals surface area (Å²) in [6, 6.07) is 64.6. The van der Waals surface area contributed by atoms with Crippen molar-refractivity contribution in [2.24, 2.45) is 0 Å². The Morgan fingerprint density at radius 1 is 0.281 bits per heavy atom. The van der Waals surface area contributed by atoms with E-state index in [1.54, 1.807) is 0 Å². The Labute approximate surface area is 368 Å². The molecule has 15 rings (SSSR count). The number of para-hydroxylation sites is 4. The van der Waals surface area contributed by atoms with E-state index in [9.17, 15) is 0 Å². The van der Waals surface area contributed by atoms with Gasteiger partial charge in [-0.2, -0.15) is 0 Å². The summed E-state index contributed by atoms with van der Waals surface area (Å²) >= 11 is 0. The molecule has 0 radical (unpaired) electrons. The Morgan fingerprint density at radius 3 is 1.06 bits per heavy atom. The minimum atomic E-state index is 0.469. The van der Waals surface area contributed by atoms with E-state index in [-0.39, 0.29) is 0 Å². The normalized spacial score (nSPS) is 13.0. The van der Waals surface area contributed by atoms with E-state index in [1.807, 2.05) is 0 Å². The molecule has 0 bridgehead atoms. The van der Waals surface area contributed by atoms with Crippen LogP contribution in [0.4, 0.5) is 0 Å². The van der Waals surface area contributed by atoms with Crippen LogP contribution in [0.25, 0.3) is 131 Å². The fourth-order valence-electron chi connectivity index (χ4n) is 12.1. The summed E-state index contributed by atoms with van der Waals surface area (Å²) in [5.41, 5.74) is 17.6. The van der Waals surface area contributed by atoms with Gasteiger partial charge in [-0.1, -0.05) is 125 Å². The van der Waals surface area contributed by atoms with Gasteiger partial charge in [-0.3, -0.25) is 0 Å². The SMILES string of the molecule is CC(C)c1ccc(-n2c3ccccc3c3c4c5cc6c7c8c9ccccc9n(-c9ccc(C(C)C)cc9)c8cc8c9ccccc9n(c6cc5n5c6ccccc6c(cc32)c45)c87)cc1. The first-order valence-electron chi connectivity index (χ1n) is 22.8. The molecule has 4 nitrogen and oxygen atoms in total. The largest absolute Gasteiger partial charge is 0.309 e. The van der Waals surface area contributed by atoms with Crippen molar-refractivity contribution >= 4 is 120 Å². The Balaban J connectivity index is 1.17. The van der Waals surface area contributed by atoms with Crippen LogP contribution in [-0.4, -0.2) is 17.9 Å². The average molecular weight is 819 g/mol. The second kappa shape index (κ2) is 12.0. The predicted octanol–water partition coefficient (Wildman–Crippen LogP) is 16.4. The van der Waals surface area contributed by atoms with Crippen molar-refractivity contribution in [3.63, 3.8) is 0 Å². The molecule has 9 aromatic carbocycles. The molecule has 6 heterocycles. The molecule has 0 amide bonds. The van der Waals surface area contributed by atoms with Crippen molar-refractivity contribution in [1.82, 2.24) is 17.9 Å². The van der Waals surface area contributed by atoms with Crippen LogP contribution in [0.3, 0.4) is 0 Å². The van der Waals surface area contributed by atoms with E-state index in [0.29, 0.717) is 11.8 Å². The third kappa shape index (κ3) is 4.15. The molecular weight excluding hydrogens is 777 g/mol. The smallest absolute Gasteiger partial charge is 0.0628 e. The summed E-state index contributed by atoms with van der Waals surface area (Å²) in [6.07, 6.45) is 0. The Morgan fingerprint density at radius 2 is 0.656 bits per heavy atom. The lowest BCUT2D eigenvalue weighted by Crippen LogP contribution is -1.95. The molecular formula is C60H42N4. The molecule has 0 N–H and O–H groups in total. The van der Waals surface area contributed by atoms with E-state index in [2.05, 4.69) is 215 Å². The molecule has 6 aromatic heterocycles. The standard InChI is InChI=1S/C60H42N4/c1-33(2)35-21-25-37(26-22-35)61-49-19-11-7-15-41(49)55-53(61)30-43-39-13-5-9-17-47(39)63-51-32-52-46(29-45(51)57(55)59(43)63)58-56-42-16-8-12-20-50(42)62(38-27-23-36(24-28-38)34(3)4)54(56)31-44-40-14-6-10-18-48(40)64(52)60(44)58/h5-34H,1-4H3. The van der Waals surface area contributed by atoms with Crippen LogP contribution in [0.15, 0.2) is 170 Å². The number of fused-ring (bicyclic) bond motifs is 20. The highest BCUT2D eigenvalue weighted by Crippen LogP contribution is 2.51. The van der Waals surface area contributed by atoms with E-state index in [0.717, 1.165) is 0 Å². The van der Waals surface area contributed by atoms with Gasteiger partial charge in [0.25, 0.3) is 0 Å². The Hall–Kier alpha value is -7.82. The number of nitrogens with zero attached hydrogens (tertiary/aromatic N) is 4. The summed E-state index contributed by atoms with van der Waals surface area (Å²) in [5.74, 6) is 0.939. The first-order chi connectivity index (χ1) is 31.4. The van der Waals surface area contributed by atoms with Gasteiger partial charge in [0.2, 0.25) is 0 Å². The van der Waals surface area contributed by atoms with Gasteiger partial charge < -0.3 is 17.9 Å².